The number of rotatable bonds is 6. The van der Waals surface area contributed by atoms with Gasteiger partial charge >= 0.3 is 0 Å². The van der Waals surface area contributed by atoms with Gasteiger partial charge in [-0.05, 0) is 36.9 Å². The van der Waals surface area contributed by atoms with Crippen molar-refractivity contribution < 1.29 is 19.0 Å². The van der Waals surface area contributed by atoms with E-state index in [4.69, 9.17) is 14.2 Å². The fraction of sp³-hybridized carbons (Fsp3) is 0.381. The van der Waals surface area contributed by atoms with E-state index < -0.39 is 0 Å². The topological polar surface area (TPSA) is 51.2 Å². The molecule has 0 saturated carbocycles. The van der Waals surface area contributed by atoms with Crippen LogP contribution >= 0.6 is 0 Å². The van der Waals surface area contributed by atoms with E-state index in [1.807, 2.05) is 41.3 Å². The summed E-state index contributed by atoms with van der Waals surface area (Å²) >= 11 is 0. The van der Waals surface area contributed by atoms with E-state index in [0.717, 1.165) is 17.9 Å². The van der Waals surface area contributed by atoms with Crippen LogP contribution in [0.3, 0.4) is 0 Å². The first-order chi connectivity index (χ1) is 13.1. The lowest BCUT2D eigenvalue weighted by Gasteiger charge is -2.39. The number of carbonyl (C=O) groups excluding carboxylic acids is 1. The molecule has 6 nitrogen and oxygen atoms in total. The first kappa shape index (κ1) is 19.0. The van der Waals surface area contributed by atoms with E-state index in [9.17, 15) is 4.79 Å². The highest BCUT2D eigenvalue weighted by atomic mass is 16.5. The Hall–Kier alpha value is -2.73. The zero-order chi connectivity index (χ0) is 19.2. The van der Waals surface area contributed by atoms with E-state index in [0.29, 0.717) is 24.6 Å². The summed E-state index contributed by atoms with van der Waals surface area (Å²) in [6, 6.07) is 15.5. The second-order valence-electron chi connectivity index (χ2n) is 6.55. The van der Waals surface area contributed by atoms with Crippen LogP contribution < -0.4 is 14.2 Å². The van der Waals surface area contributed by atoms with Crippen LogP contribution in [0.2, 0.25) is 0 Å². The molecule has 1 aliphatic rings. The number of hydrogen-bond donors (Lipinski definition) is 0. The van der Waals surface area contributed by atoms with E-state index in [-0.39, 0.29) is 18.6 Å². The van der Waals surface area contributed by atoms with Crippen molar-refractivity contribution in [3.05, 3.63) is 54.1 Å². The predicted octanol–water partition coefficient (Wildman–Crippen LogP) is 2.60. The van der Waals surface area contributed by atoms with Gasteiger partial charge in [0.25, 0.3) is 5.91 Å². The van der Waals surface area contributed by atoms with Gasteiger partial charge in [0.1, 0.15) is 5.75 Å². The number of amides is 1. The summed E-state index contributed by atoms with van der Waals surface area (Å²) in [5.41, 5.74) is 1.14. The SMILES string of the molecule is COc1cccc(C2CN(C(=O)COc3ccccc3OC)CCN2C)c1. The molecule has 1 saturated heterocycles. The number of piperazine rings is 1. The van der Waals surface area contributed by atoms with Crippen molar-refractivity contribution in [2.75, 3.05) is 47.5 Å². The van der Waals surface area contributed by atoms with E-state index in [1.165, 1.54) is 0 Å². The standard InChI is InChI=1S/C21H26N2O4/c1-22-11-12-23(14-18(22)16-7-6-8-17(13-16)25-2)21(24)15-27-20-10-5-4-9-19(20)26-3/h4-10,13,18H,11-12,14-15H2,1-3H3. The van der Waals surface area contributed by atoms with Crippen LogP contribution in [0, 0.1) is 0 Å². The molecule has 0 radical (unpaired) electrons. The first-order valence-electron chi connectivity index (χ1n) is 9.00. The summed E-state index contributed by atoms with van der Waals surface area (Å²) < 4.78 is 16.3. The number of benzene rings is 2. The van der Waals surface area contributed by atoms with Crippen molar-refractivity contribution in [1.29, 1.82) is 0 Å². The minimum absolute atomic E-state index is 0.00504. The average molecular weight is 370 g/mol. The number of para-hydroxylation sites is 2. The molecule has 1 atom stereocenters. The Morgan fingerprint density at radius 1 is 1.04 bits per heavy atom. The quantitative estimate of drug-likeness (QED) is 0.782. The van der Waals surface area contributed by atoms with Crippen molar-refractivity contribution in [2.24, 2.45) is 0 Å². The van der Waals surface area contributed by atoms with Gasteiger partial charge in [-0.1, -0.05) is 24.3 Å². The molecule has 0 aromatic heterocycles. The van der Waals surface area contributed by atoms with Crippen molar-refractivity contribution >= 4 is 5.91 Å². The zero-order valence-electron chi connectivity index (χ0n) is 16.1. The number of carbonyl (C=O) groups is 1. The van der Waals surface area contributed by atoms with Crippen LogP contribution in [-0.2, 0) is 4.79 Å². The molecule has 2 aromatic rings. The molecule has 1 unspecified atom stereocenters. The Balaban J connectivity index is 1.65. The van der Waals surface area contributed by atoms with Crippen molar-refractivity contribution in [3.8, 4) is 17.2 Å². The molecule has 1 fully saturated rings. The number of nitrogens with zero attached hydrogens (tertiary/aromatic N) is 2. The van der Waals surface area contributed by atoms with Gasteiger partial charge in [-0.3, -0.25) is 9.69 Å². The van der Waals surface area contributed by atoms with Crippen molar-refractivity contribution in [1.82, 2.24) is 9.80 Å². The van der Waals surface area contributed by atoms with Crippen molar-refractivity contribution in [3.63, 3.8) is 0 Å². The van der Waals surface area contributed by atoms with E-state index in [1.54, 1.807) is 20.3 Å². The Morgan fingerprint density at radius 2 is 1.81 bits per heavy atom. The number of hydrogen-bond acceptors (Lipinski definition) is 5. The number of likely N-dealkylation sites (N-methyl/N-ethyl adjacent to an activating group) is 1. The minimum atomic E-state index is -0.0260. The normalized spacial score (nSPS) is 17.4. The van der Waals surface area contributed by atoms with Gasteiger partial charge in [0, 0.05) is 19.6 Å². The highest BCUT2D eigenvalue weighted by Crippen LogP contribution is 2.28. The van der Waals surface area contributed by atoms with Gasteiger partial charge in [-0.2, -0.15) is 0 Å². The molecule has 144 valence electrons. The lowest BCUT2D eigenvalue weighted by Crippen LogP contribution is -2.50. The third kappa shape index (κ3) is 4.52. The smallest absolute Gasteiger partial charge is 0.260 e. The van der Waals surface area contributed by atoms with Gasteiger partial charge in [0.05, 0.1) is 20.3 Å². The summed E-state index contributed by atoms with van der Waals surface area (Å²) in [5.74, 6) is 2.00. The van der Waals surface area contributed by atoms with Crippen LogP contribution in [0.5, 0.6) is 17.2 Å². The third-order valence-electron chi connectivity index (χ3n) is 4.90. The zero-order valence-corrected chi connectivity index (χ0v) is 16.1. The maximum atomic E-state index is 12.7. The third-order valence-corrected chi connectivity index (χ3v) is 4.90. The molecular formula is C21H26N2O4. The summed E-state index contributed by atoms with van der Waals surface area (Å²) in [6.07, 6.45) is 0. The summed E-state index contributed by atoms with van der Waals surface area (Å²) in [6.45, 7) is 2.11. The lowest BCUT2D eigenvalue weighted by atomic mass is 10.0. The van der Waals surface area contributed by atoms with Crippen LogP contribution in [0.15, 0.2) is 48.5 Å². The maximum absolute atomic E-state index is 12.7. The van der Waals surface area contributed by atoms with Crippen LogP contribution in [0.4, 0.5) is 0 Å². The minimum Gasteiger partial charge on any atom is -0.497 e. The molecule has 6 heteroatoms. The van der Waals surface area contributed by atoms with Crippen molar-refractivity contribution in [2.45, 2.75) is 6.04 Å². The van der Waals surface area contributed by atoms with Gasteiger partial charge in [-0.15, -0.1) is 0 Å². The molecule has 0 N–H and O–H groups in total. The van der Waals surface area contributed by atoms with E-state index >= 15 is 0 Å². The molecule has 0 aliphatic carbocycles. The average Bonchev–Trinajstić information content (AvgIpc) is 2.72. The molecule has 0 bridgehead atoms. The lowest BCUT2D eigenvalue weighted by molar-refractivity contribution is -0.136. The Bertz CT molecular complexity index is 780. The van der Waals surface area contributed by atoms with Crippen LogP contribution in [-0.4, -0.2) is 63.2 Å². The highest BCUT2D eigenvalue weighted by molar-refractivity contribution is 5.78. The summed E-state index contributed by atoms with van der Waals surface area (Å²) in [4.78, 5) is 16.8. The fourth-order valence-electron chi connectivity index (χ4n) is 3.28. The van der Waals surface area contributed by atoms with Gasteiger partial charge < -0.3 is 19.1 Å². The Morgan fingerprint density at radius 3 is 2.56 bits per heavy atom. The van der Waals surface area contributed by atoms with Crippen LogP contribution in [0.25, 0.3) is 0 Å². The fourth-order valence-corrected chi connectivity index (χ4v) is 3.28. The second kappa shape index (κ2) is 8.77. The number of ether oxygens (including phenoxy) is 3. The maximum Gasteiger partial charge on any atom is 0.260 e. The largest absolute Gasteiger partial charge is 0.497 e. The molecule has 1 aliphatic heterocycles. The summed E-state index contributed by atoms with van der Waals surface area (Å²) in [7, 11) is 5.33. The van der Waals surface area contributed by atoms with Crippen LogP contribution in [0.1, 0.15) is 11.6 Å². The van der Waals surface area contributed by atoms with Gasteiger partial charge in [0.2, 0.25) is 0 Å². The Kier molecular flexibility index (Phi) is 6.19. The first-order valence-corrected chi connectivity index (χ1v) is 9.00. The molecule has 1 amide bonds. The highest BCUT2D eigenvalue weighted by Gasteiger charge is 2.29. The second-order valence-corrected chi connectivity index (χ2v) is 6.55. The molecule has 1 heterocycles. The molecule has 27 heavy (non-hydrogen) atoms. The number of methoxy groups -OCH3 is 2. The molecular weight excluding hydrogens is 344 g/mol. The molecule has 0 spiro atoms. The van der Waals surface area contributed by atoms with E-state index in [2.05, 4.69) is 18.0 Å². The molecule has 3 rings (SSSR count). The van der Waals surface area contributed by atoms with Gasteiger partial charge in [0.15, 0.2) is 18.1 Å². The monoisotopic (exact) mass is 370 g/mol. The molecule has 2 aromatic carbocycles. The predicted molar refractivity (Wildman–Crippen MR) is 103 cm³/mol. The summed E-state index contributed by atoms with van der Waals surface area (Å²) in [5, 5.41) is 0. The Labute approximate surface area is 160 Å². The van der Waals surface area contributed by atoms with Gasteiger partial charge in [-0.25, -0.2) is 0 Å².